The van der Waals surface area contributed by atoms with Gasteiger partial charge in [-0.15, -0.1) is 0 Å². The molecule has 1 aromatic heterocycles. The number of aryl methyl sites for hydroxylation is 1. The predicted molar refractivity (Wildman–Crippen MR) is 97.8 cm³/mol. The highest BCUT2D eigenvalue weighted by atomic mass is 16.2. The van der Waals surface area contributed by atoms with E-state index in [1.165, 1.54) is 12.3 Å². The summed E-state index contributed by atoms with van der Waals surface area (Å²) in [6, 6.07) is 19.6. The molecular weight excluding hydrogens is 314 g/mol. The molecule has 0 aliphatic heterocycles. The van der Waals surface area contributed by atoms with Gasteiger partial charge < -0.3 is 10.6 Å². The van der Waals surface area contributed by atoms with Gasteiger partial charge in [0.2, 0.25) is 0 Å². The Bertz CT molecular complexity index is 890. The predicted octanol–water partition coefficient (Wildman–Crippen LogP) is 3.89. The van der Waals surface area contributed by atoms with Crippen LogP contribution in [0.5, 0.6) is 0 Å². The Morgan fingerprint density at radius 2 is 1.44 bits per heavy atom. The molecule has 0 radical (unpaired) electrons. The Morgan fingerprint density at radius 1 is 0.800 bits per heavy atom. The standard InChI is InChI=1S/C20H17N3O2/c1-14-7-9-17(10-8-14)22-19(24)15-11-12-21-18(13-15)20(25)23-16-5-3-2-4-6-16/h2-13H,1H3,(H,22,24)(H,23,25). The SMILES string of the molecule is Cc1ccc(NC(=O)c2ccnc(C(=O)Nc3ccccc3)c2)cc1. The molecule has 25 heavy (non-hydrogen) atoms. The number of nitrogens with zero attached hydrogens (tertiary/aromatic N) is 1. The lowest BCUT2D eigenvalue weighted by Gasteiger charge is -2.08. The number of anilines is 2. The van der Waals surface area contributed by atoms with Crippen LogP contribution in [0.15, 0.2) is 72.9 Å². The quantitative estimate of drug-likeness (QED) is 0.762. The third-order valence-electron chi connectivity index (χ3n) is 3.60. The summed E-state index contributed by atoms with van der Waals surface area (Å²) < 4.78 is 0. The van der Waals surface area contributed by atoms with Crippen LogP contribution in [0, 0.1) is 6.92 Å². The smallest absolute Gasteiger partial charge is 0.274 e. The molecule has 3 aromatic rings. The second kappa shape index (κ2) is 7.40. The number of amides is 2. The zero-order chi connectivity index (χ0) is 17.6. The number of carbonyl (C=O) groups excluding carboxylic acids is 2. The van der Waals surface area contributed by atoms with E-state index < -0.39 is 0 Å². The fourth-order valence-electron chi connectivity index (χ4n) is 2.25. The average molecular weight is 331 g/mol. The van der Waals surface area contributed by atoms with Crippen molar-refractivity contribution in [1.29, 1.82) is 0 Å². The highest BCUT2D eigenvalue weighted by Gasteiger charge is 2.12. The molecule has 0 unspecified atom stereocenters. The minimum atomic E-state index is -0.365. The number of aromatic nitrogens is 1. The first kappa shape index (κ1) is 16.4. The van der Waals surface area contributed by atoms with E-state index in [9.17, 15) is 9.59 Å². The lowest BCUT2D eigenvalue weighted by atomic mass is 10.2. The molecule has 0 bridgehead atoms. The van der Waals surface area contributed by atoms with Gasteiger partial charge in [0, 0.05) is 23.1 Å². The molecule has 0 spiro atoms. The van der Waals surface area contributed by atoms with E-state index >= 15 is 0 Å². The highest BCUT2D eigenvalue weighted by Crippen LogP contribution is 2.12. The van der Waals surface area contributed by atoms with Gasteiger partial charge in [0.25, 0.3) is 11.8 Å². The molecule has 0 aliphatic rings. The first-order chi connectivity index (χ1) is 12.1. The van der Waals surface area contributed by atoms with Crippen molar-refractivity contribution < 1.29 is 9.59 Å². The molecule has 0 atom stereocenters. The Morgan fingerprint density at radius 3 is 2.16 bits per heavy atom. The van der Waals surface area contributed by atoms with Crippen molar-refractivity contribution in [2.75, 3.05) is 10.6 Å². The van der Waals surface area contributed by atoms with Gasteiger partial charge in [-0.25, -0.2) is 0 Å². The van der Waals surface area contributed by atoms with Crippen molar-refractivity contribution in [2.24, 2.45) is 0 Å². The average Bonchev–Trinajstić information content (AvgIpc) is 2.64. The zero-order valence-electron chi connectivity index (χ0n) is 13.7. The van der Waals surface area contributed by atoms with Crippen LogP contribution in [0.25, 0.3) is 0 Å². The van der Waals surface area contributed by atoms with Crippen LogP contribution in [0.4, 0.5) is 11.4 Å². The Labute approximate surface area is 145 Å². The number of benzene rings is 2. The van der Waals surface area contributed by atoms with E-state index in [2.05, 4.69) is 15.6 Å². The fraction of sp³-hybridized carbons (Fsp3) is 0.0500. The molecule has 0 aliphatic carbocycles. The molecule has 3 rings (SSSR count). The molecule has 2 amide bonds. The van der Waals surface area contributed by atoms with Crippen LogP contribution in [-0.2, 0) is 0 Å². The first-order valence-electron chi connectivity index (χ1n) is 7.82. The maximum Gasteiger partial charge on any atom is 0.274 e. The Hall–Kier alpha value is -3.47. The number of hydrogen-bond donors (Lipinski definition) is 2. The lowest BCUT2D eigenvalue weighted by molar-refractivity contribution is 0.102. The molecule has 124 valence electrons. The summed E-state index contributed by atoms with van der Waals surface area (Å²) in [5, 5.41) is 5.55. The van der Waals surface area contributed by atoms with Crippen molar-refractivity contribution in [2.45, 2.75) is 6.92 Å². The van der Waals surface area contributed by atoms with Gasteiger partial charge in [-0.1, -0.05) is 35.9 Å². The van der Waals surface area contributed by atoms with Crippen molar-refractivity contribution in [3.63, 3.8) is 0 Å². The number of hydrogen-bond acceptors (Lipinski definition) is 3. The number of para-hydroxylation sites is 1. The molecule has 5 heteroatoms. The van der Waals surface area contributed by atoms with Crippen LogP contribution >= 0.6 is 0 Å². The summed E-state index contributed by atoms with van der Waals surface area (Å²) in [5.74, 6) is -0.656. The van der Waals surface area contributed by atoms with Crippen LogP contribution in [-0.4, -0.2) is 16.8 Å². The molecule has 2 aromatic carbocycles. The van der Waals surface area contributed by atoms with Gasteiger partial charge in [0.05, 0.1) is 0 Å². The highest BCUT2D eigenvalue weighted by molar-refractivity contribution is 6.07. The molecule has 1 heterocycles. The zero-order valence-corrected chi connectivity index (χ0v) is 13.7. The van der Waals surface area contributed by atoms with Gasteiger partial charge in [0.15, 0.2) is 0 Å². The normalized spacial score (nSPS) is 10.1. The summed E-state index contributed by atoms with van der Waals surface area (Å²) in [6.07, 6.45) is 1.45. The molecular formula is C20H17N3O2. The van der Waals surface area contributed by atoms with E-state index in [1.54, 1.807) is 18.2 Å². The van der Waals surface area contributed by atoms with E-state index in [4.69, 9.17) is 0 Å². The lowest BCUT2D eigenvalue weighted by Crippen LogP contribution is -2.16. The van der Waals surface area contributed by atoms with Crippen molar-refractivity contribution in [1.82, 2.24) is 4.98 Å². The fourth-order valence-corrected chi connectivity index (χ4v) is 2.25. The van der Waals surface area contributed by atoms with E-state index in [-0.39, 0.29) is 17.5 Å². The summed E-state index contributed by atoms with van der Waals surface area (Å²) in [4.78, 5) is 28.7. The minimum Gasteiger partial charge on any atom is -0.322 e. The molecule has 0 fully saturated rings. The van der Waals surface area contributed by atoms with Crippen molar-refractivity contribution in [3.05, 3.63) is 89.7 Å². The summed E-state index contributed by atoms with van der Waals surface area (Å²) in [7, 11) is 0. The Balaban J connectivity index is 1.73. The van der Waals surface area contributed by atoms with Gasteiger partial charge in [-0.05, 0) is 43.3 Å². The number of rotatable bonds is 4. The van der Waals surface area contributed by atoms with Crippen LogP contribution < -0.4 is 10.6 Å². The minimum absolute atomic E-state index is 0.181. The van der Waals surface area contributed by atoms with Crippen LogP contribution in [0.3, 0.4) is 0 Å². The number of pyridine rings is 1. The maximum absolute atomic E-state index is 12.4. The third-order valence-corrected chi connectivity index (χ3v) is 3.60. The topological polar surface area (TPSA) is 71.1 Å². The van der Waals surface area contributed by atoms with Crippen LogP contribution in [0.1, 0.15) is 26.4 Å². The summed E-state index contributed by atoms with van der Waals surface area (Å²) in [6.45, 7) is 1.98. The van der Waals surface area contributed by atoms with Gasteiger partial charge in [0.1, 0.15) is 5.69 Å². The van der Waals surface area contributed by atoms with E-state index in [0.717, 1.165) is 5.56 Å². The van der Waals surface area contributed by atoms with E-state index in [1.807, 2.05) is 49.4 Å². The molecule has 5 nitrogen and oxygen atoms in total. The molecule has 0 saturated heterocycles. The third kappa shape index (κ3) is 4.29. The van der Waals surface area contributed by atoms with Crippen molar-refractivity contribution >= 4 is 23.2 Å². The van der Waals surface area contributed by atoms with Gasteiger partial charge >= 0.3 is 0 Å². The largest absolute Gasteiger partial charge is 0.322 e. The van der Waals surface area contributed by atoms with Crippen molar-refractivity contribution in [3.8, 4) is 0 Å². The van der Waals surface area contributed by atoms with Gasteiger partial charge in [-0.2, -0.15) is 0 Å². The summed E-state index contributed by atoms with van der Waals surface area (Å²) >= 11 is 0. The summed E-state index contributed by atoms with van der Waals surface area (Å²) in [5.41, 5.74) is 3.03. The monoisotopic (exact) mass is 331 g/mol. The second-order valence-electron chi connectivity index (χ2n) is 5.57. The van der Waals surface area contributed by atoms with Crippen LogP contribution in [0.2, 0.25) is 0 Å². The first-order valence-corrected chi connectivity index (χ1v) is 7.82. The van der Waals surface area contributed by atoms with Gasteiger partial charge in [-0.3, -0.25) is 14.6 Å². The maximum atomic E-state index is 12.4. The number of carbonyl (C=O) groups is 2. The number of nitrogens with one attached hydrogen (secondary N) is 2. The molecule has 0 saturated carbocycles. The molecule has 2 N–H and O–H groups in total. The second-order valence-corrected chi connectivity index (χ2v) is 5.57. The Kier molecular flexibility index (Phi) is 4.85. The van der Waals surface area contributed by atoms with E-state index in [0.29, 0.717) is 16.9 Å².